The number of hydrogen-bond donors (Lipinski definition) is 1. The number of pyridine rings is 1. The molecule has 3 rings (SSSR count). The topological polar surface area (TPSA) is 50.9 Å². The second-order valence-corrected chi connectivity index (χ2v) is 8.75. The molecule has 0 bridgehead atoms. The number of hydrogen-bond acceptors (Lipinski definition) is 3. The summed E-state index contributed by atoms with van der Waals surface area (Å²) in [5.74, 6) is 0.279. The summed E-state index contributed by atoms with van der Waals surface area (Å²) in [6, 6.07) is 11.8. The van der Waals surface area contributed by atoms with Crippen molar-refractivity contribution in [2.45, 2.75) is 52.4 Å². The quantitative estimate of drug-likeness (QED) is 0.689. The van der Waals surface area contributed by atoms with Crippen LogP contribution in [0.4, 0.5) is 0 Å². The van der Waals surface area contributed by atoms with Crippen molar-refractivity contribution in [1.29, 1.82) is 0 Å². The molecule has 2 heterocycles. The van der Waals surface area contributed by atoms with Crippen molar-refractivity contribution in [3.05, 3.63) is 59.9 Å². The minimum Gasteiger partial charge on any atom is -0.505 e. The molecule has 2 aromatic heterocycles. The summed E-state index contributed by atoms with van der Waals surface area (Å²) in [5, 5.41) is 15.6. The number of benzene rings is 1. The number of aromatic nitrogens is 3. The van der Waals surface area contributed by atoms with Gasteiger partial charge in [0.2, 0.25) is 0 Å². The first-order chi connectivity index (χ1) is 12.1. The second-order valence-electron chi connectivity index (χ2n) is 8.75. The van der Waals surface area contributed by atoms with Crippen LogP contribution >= 0.6 is 0 Å². The predicted octanol–water partition coefficient (Wildman–Crippen LogP) is 5.23. The molecule has 0 saturated heterocycles. The SMILES string of the molecule is CC(C)(C)c1cc(-n2ccc(-c3ccccn3)n2)c(O)c(C(C)(C)C)c1. The largest absolute Gasteiger partial charge is 0.505 e. The molecule has 0 aliphatic heterocycles. The van der Waals surface area contributed by atoms with Gasteiger partial charge < -0.3 is 5.11 Å². The molecule has 0 fully saturated rings. The molecule has 0 atom stereocenters. The summed E-state index contributed by atoms with van der Waals surface area (Å²) in [6.07, 6.45) is 3.63. The minimum absolute atomic E-state index is 0.0284. The van der Waals surface area contributed by atoms with Crippen LogP contribution in [0.5, 0.6) is 5.75 Å². The third kappa shape index (κ3) is 3.50. The maximum absolute atomic E-state index is 11.0. The Labute approximate surface area is 155 Å². The van der Waals surface area contributed by atoms with Crippen molar-refractivity contribution in [3.8, 4) is 22.8 Å². The maximum atomic E-state index is 11.0. The lowest BCUT2D eigenvalue weighted by atomic mass is 9.79. The fourth-order valence-electron chi connectivity index (χ4n) is 2.91. The summed E-state index contributed by atoms with van der Waals surface area (Å²) < 4.78 is 1.74. The van der Waals surface area contributed by atoms with Crippen molar-refractivity contribution >= 4 is 0 Å². The van der Waals surface area contributed by atoms with E-state index in [9.17, 15) is 5.11 Å². The first kappa shape index (κ1) is 18.2. The van der Waals surface area contributed by atoms with E-state index in [1.54, 1.807) is 10.9 Å². The van der Waals surface area contributed by atoms with E-state index in [1.807, 2.05) is 36.5 Å². The summed E-state index contributed by atoms with van der Waals surface area (Å²) in [6.45, 7) is 12.9. The Morgan fingerprint density at radius 1 is 0.885 bits per heavy atom. The Balaban J connectivity index is 2.17. The summed E-state index contributed by atoms with van der Waals surface area (Å²) >= 11 is 0. The van der Waals surface area contributed by atoms with Gasteiger partial charge in [-0.2, -0.15) is 5.10 Å². The number of phenolic OH excluding ortho intramolecular Hbond substituents is 1. The van der Waals surface area contributed by atoms with Crippen LogP contribution in [0, 0.1) is 0 Å². The number of rotatable bonds is 2. The molecule has 1 N–H and O–H groups in total. The summed E-state index contributed by atoms with van der Waals surface area (Å²) in [4.78, 5) is 4.35. The van der Waals surface area contributed by atoms with Crippen molar-refractivity contribution in [2.24, 2.45) is 0 Å². The molecule has 0 unspecified atom stereocenters. The van der Waals surface area contributed by atoms with Gasteiger partial charge in [-0.3, -0.25) is 4.98 Å². The second kappa shape index (κ2) is 6.27. The van der Waals surface area contributed by atoms with Crippen molar-refractivity contribution in [1.82, 2.24) is 14.8 Å². The molecule has 0 saturated carbocycles. The molecular formula is C22H27N3O. The van der Waals surface area contributed by atoms with Crippen LogP contribution in [0.2, 0.25) is 0 Å². The average molecular weight is 349 g/mol. The molecule has 1 aromatic carbocycles. The van der Waals surface area contributed by atoms with Gasteiger partial charge in [-0.1, -0.05) is 53.7 Å². The molecule has 0 amide bonds. The van der Waals surface area contributed by atoms with Gasteiger partial charge in [0.15, 0.2) is 0 Å². The van der Waals surface area contributed by atoms with Crippen LogP contribution in [0.25, 0.3) is 17.1 Å². The zero-order valence-electron chi connectivity index (χ0n) is 16.4. The predicted molar refractivity (Wildman–Crippen MR) is 106 cm³/mol. The lowest BCUT2D eigenvalue weighted by Gasteiger charge is -2.27. The van der Waals surface area contributed by atoms with Gasteiger partial charge >= 0.3 is 0 Å². The van der Waals surface area contributed by atoms with Gasteiger partial charge in [0.05, 0.1) is 5.69 Å². The fraction of sp³-hybridized carbons (Fsp3) is 0.364. The Morgan fingerprint density at radius 3 is 2.19 bits per heavy atom. The summed E-state index contributed by atoms with van der Waals surface area (Å²) in [5.41, 5.74) is 4.19. The van der Waals surface area contributed by atoms with E-state index in [0.717, 1.165) is 17.0 Å². The van der Waals surface area contributed by atoms with Crippen LogP contribution in [-0.4, -0.2) is 19.9 Å². The fourth-order valence-corrected chi connectivity index (χ4v) is 2.91. The van der Waals surface area contributed by atoms with E-state index in [4.69, 9.17) is 0 Å². The van der Waals surface area contributed by atoms with Crippen molar-refractivity contribution < 1.29 is 5.11 Å². The zero-order valence-corrected chi connectivity index (χ0v) is 16.4. The normalized spacial score (nSPS) is 12.4. The highest BCUT2D eigenvalue weighted by atomic mass is 16.3. The summed E-state index contributed by atoms with van der Waals surface area (Å²) in [7, 11) is 0. The third-order valence-electron chi connectivity index (χ3n) is 4.53. The lowest BCUT2D eigenvalue weighted by molar-refractivity contribution is 0.440. The standard InChI is InChI=1S/C22H27N3O/c1-21(2,3)15-13-16(22(4,5)6)20(26)19(14-15)25-12-10-18(24-25)17-9-7-8-11-23-17/h7-14,26H,1-6H3. The molecule has 0 radical (unpaired) electrons. The Hall–Kier alpha value is -2.62. The molecule has 26 heavy (non-hydrogen) atoms. The van der Waals surface area contributed by atoms with E-state index in [-0.39, 0.29) is 16.6 Å². The van der Waals surface area contributed by atoms with E-state index in [0.29, 0.717) is 5.69 Å². The van der Waals surface area contributed by atoms with Gasteiger partial charge in [0, 0.05) is 18.0 Å². The van der Waals surface area contributed by atoms with E-state index in [1.165, 1.54) is 5.56 Å². The molecule has 4 nitrogen and oxygen atoms in total. The number of nitrogens with zero attached hydrogens (tertiary/aromatic N) is 3. The van der Waals surface area contributed by atoms with Gasteiger partial charge in [-0.05, 0) is 40.7 Å². The van der Waals surface area contributed by atoms with Gasteiger partial charge in [0.1, 0.15) is 17.1 Å². The van der Waals surface area contributed by atoms with Crippen LogP contribution in [0.1, 0.15) is 52.7 Å². The van der Waals surface area contributed by atoms with Crippen molar-refractivity contribution in [3.63, 3.8) is 0 Å². The van der Waals surface area contributed by atoms with Crippen LogP contribution in [-0.2, 0) is 10.8 Å². The van der Waals surface area contributed by atoms with Gasteiger partial charge in [-0.25, -0.2) is 4.68 Å². The highest BCUT2D eigenvalue weighted by molar-refractivity contribution is 5.58. The minimum atomic E-state index is -0.170. The Kier molecular flexibility index (Phi) is 4.39. The molecule has 0 spiro atoms. The average Bonchev–Trinajstić information content (AvgIpc) is 3.03. The first-order valence-corrected chi connectivity index (χ1v) is 8.93. The molecule has 136 valence electrons. The molecule has 0 aliphatic rings. The van der Waals surface area contributed by atoms with Crippen LogP contribution in [0.15, 0.2) is 48.8 Å². The highest BCUT2D eigenvalue weighted by Gasteiger charge is 2.25. The van der Waals surface area contributed by atoms with Gasteiger partial charge in [-0.15, -0.1) is 0 Å². The van der Waals surface area contributed by atoms with Crippen LogP contribution in [0.3, 0.4) is 0 Å². The number of phenols is 1. The van der Waals surface area contributed by atoms with E-state index in [2.05, 4.69) is 57.7 Å². The molecule has 4 heteroatoms. The molecule has 0 aliphatic carbocycles. The third-order valence-corrected chi connectivity index (χ3v) is 4.53. The van der Waals surface area contributed by atoms with Crippen molar-refractivity contribution in [2.75, 3.05) is 0 Å². The molecule has 3 aromatic rings. The number of aromatic hydroxyl groups is 1. The van der Waals surface area contributed by atoms with E-state index >= 15 is 0 Å². The van der Waals surface area contributed by atoms with E-state index < -0.39 is 0 Å². The smallest absolute Gasteiger partial charge is 0.144 e. The maximum Gasteiger partial charge on any atom is 0.144 e. The monoisotopic (exact) mass is 349 g/mol. The highest BCUT2D eigenvalue weighted by Crippen LogP contribution is 2.39. The lowest BCUT2D eigenvalue weighted by Crippen LogP contribution is -2.18. The Bertz CT molecular complexity index is 913. The Morgan fingerprint density at radius 2 is 1.62 bits per heavy atom. The first-order valence-electron chi connectivity index (χ1n) is 8.93. The van der Waals surface area contributed by atoms with Crippen LogP contribution < -0.4 is 0 Å². The molecular weight excluding hydrogens is 322 g/mol. The van der Waals surface area contributed by atoms with Gasteiger partial charge in [0.25, 0.3) is 0 Å². The zero-order chi connectivity index (χ0) is 19.1.